The molecule has 0 aromatic carbocycles. The van der Waals surface area contributed by atoms with Crippen LogP contribution in [0.5, 0.6) is 5.88 Å². The molecule has 1 heterocycles. The van der Waals surface area contributed by atoms with E-state index in [1.165, 1.54) is 13.3 Å². The average molecular weight is 244 g/mol. The Balaban J connectivity index is 3.24. The second kappa shape index (κ2) is 4.70. The standard InChI is InChI=1S/C11H14ClNO3/c1-11(2,6-8(14)15)9-7(12)4-5-13-10(9)16-3/h4-5H,6H2,1-3H3,(H,14,15). The molecule has 88 valence electrons. The van der Waals surface area contributed by atoms with Crippen LogP contribution in [0.4, 0.5) is 0 Å². The zero-order chi connectivity index (χ0) is 12.3. The summed E-state index contributed by atoms with van der Waals surface area (Å²) < 4.78 is 5.11. The van der Waals surface area contributed by atoms with Crippen LogP contribution in [0, 0.1) is 0 Å². The summed E-state index contributed by atoms with van der Waals surface area (Å²) in [6.07, 6.45) is 1.50. The van der Waals surface area contributed by atoms with Gasteiger partial charge < -0.3 is 9.84 Å². The predicted octanol–water partition coefficient (Wildman–Crippen LogP) is 2.50. The third-order valence-corrected chi connectivity index (χ3v) is 2.64. The van der Waals surface area contributed by atoms with Crippen molar-refractivity contribution >= 4 is 17.6 Å². The first-order chi connectivity index (χ1) is 7.38. The van der Waals surface area contributed by atoms with Gasteiger partial charge in [0.15, 0.2) is 0 Å². The van der Waals surface area contributed by atoms with Crippen LogP contribution < -0.4 is 4.74 Å². The molecule has 1 aromatic heterocycles. The molecule has 0 bridgehead atoms. The Labute approximate surface area is 99.2 Å². The number of carbonyl (C=O) groups is 1. The highest BCUT2D eigenvalue weighted by atomic mass is 35.5. The molecule has 5 heteroatoms. The number of carboxylic acids is 1. The minimum absolute atomic E-state index is 0.0330. The Morgan fingerprint density at radius 3 is 2.75 bits per heavy atom. The van der Waals surface area contributed by atoms with Crippen molar-refractivity contribution < 1.29 is 14.6 Å². The Bertz CT molecular complexity index is 404. The molecule has 0 aliphatic carbocycles. The minimum Gasteiger partial charge on any atom is -0.481 e. The van der Waals surface area contributed by atoms with Crippen LogP contribution in [0.1, 0.15) is 25.8 Å². The van der Waals surface area contributed by atoms with Crippen LogP contribution >= 0.6 is 11.6 Å². The molecule has 1 rings (SSSR count). The molecule has 0 amide bonds. The Morgan fingerprint density at radius 1 is 1.62 bits per heavy atom. The summed E-state index contributed by atoms with van der Waals surface area (Å²) in [6.45, 7) is 3.60. The summed E-state index contributed by atoms with van der Waals surface area (Å²) in [6, 6.07) is 1.63. The monoisotopic (exact) mass is 243 g/mol. The molecule has 4 nitrogen and oxygen atoms in total. The number of hydrogen-bond acceptors (Lipinski definition) is 3. The van der Waals surface area contributed by atoms with E-state index in [9.17, 15) is 4.79 Å². The average Bonchev–Trinajstić information content (AvgIpc) is 2.14. The molecule has 1 aromatic rings. The van der Waals surface area contributed by atoms with Crippen LogP contribution in [-0.2, 0) is 10.2 Å². The summed E-state index contributed by atoms with van der Waals surface area (Å²) in [5, 5.41) is 9.33. The minimum atomic E-state index is -0.882. The first-order valence-electron chi connectivity index (χ1n) is 4.79. The molecule has 0 aliphatic rings. The molecule has 0 saturated heterocycles. The van der Waals surface area contributed by atoms with E-state index in [0.717, 1.165) is 0 Å². The van der Waals surface area contributed by atoms with E-state index < -0.39 is 11.4 Å². The number of pyridine rings is 1. The van der Waals surface area contributed by atoms with Gasteiger partial charge >= 0.3 is 5.97 Å². The van der Waals surface area contributed by atoms with Crippen molar-refractivity contribution in [1.82, 2.24) is 4.98 Å². The molecule has 1 N–H and O–H groups in total. The van der Waals surface area contributed by atoms with Crippen LogP contribution in [0.15, 0.2) is 12.3 Å². The van der Waals surface area contributed by atoms with Gasteiger partial charge in [0.05, 0.1) is 18.6 Å². The van der Waals surface area contributed by atoms with Gasteiger partial charge in [0.25, 0.3) is 0 Å². The quantitative estimate of drug-likeness (QED) is 0.883. The lowest BCUT2D eigenvalue weighted by atomic mass is 9.82. The second-order valence-electron chi connectivity index (χ2n) is 4.13. The van der Waals surface area contributed by atoms with E-state index >= 15 is 0 Å². The van der Waals surface area contributed by atoms with E-state index in [4.69, 9.17) is 21.4 Å². The summed E-state index contributed by atoms with van der Waals surface area (Å²) in [5.41, 5.74) is 0.00395. The number of ether oxygens (including phenoxy) is 1. The van der Waals surface area contributed by atoms with Gasteiger partial charge in [-0.15, -0.1) is 0 Å². The number of carboxylic acid groups (broad SMARTS) is 1. The van der Waals surface area contributed by atoms with Gasteiger partial charge in [-0.25, -0.2) is 4.98 Å². The molecule has 0 saturated carbocycles. The smallest absolute Gasteiger partial charge is 0.304 e. The second-order valence-corrected chi connectivity index (χ2v) is 4.54. The number of methoxy groups -OCH3 is 1. The fourth-order valence-electron chi connectivity index (χ4n) is 1.65. The van der Waals surface area contributed by atoms with Gasteiger partial charge in [-0.2, -0.15) is 0 Å². The highest BCUT2D eigenvalue weighted by Gasteiger charge is 2.30. The van der Waals surface area contributed by atoms with Crippen molar-refractivity contribution in [2.24, 2.45) is 0 Å². The third kappa shape index (κ3) is 2.64. The Hall–Kier alpha value is -1.29. The van der Waals surface area contributed by atoms with Crippen molar-refractivity contribution in [2.75, 3.05) is 7.11 Å². The summed E-state index contributed by atoms with van der Waals surface area (Å²) >= 11 is 6.06. The highest BCUT2D eigenvalue weighted by Crippen LogP contribution is 2.37. The Morgan fingerprint density at radius 2 is 2.25 bits per heavy atom. The van der Waals surface area contributed by atoms with Crippen molar-refractivity contribution in [1.29, 1.82) is 0 Å². The fourth-order valence-corrected chi connectivity index (χ4v) is 2.05. The van der Waals surface area contributed by atoms with Gasteiger partial charge in [-0.05, 0) is 6.07 Å². The summed E-state index contributed by atoms with van der Waals surface area (Å²) in [5.74, 6) is -0.509. The topological polar surface area (TPSA) is 59.4 Å². The third-order valence-electron chi connectivity index (χ3n) is 2.33. The van der Waals surface area contributed by atoms with Crippen molar-refractivity contribution in [3.05, 3.63) is 22.8 Å². The fraction of sp³-hybridized carbons (Fsp3) is 0.455. The molecule has 0 fully saturated rings. The zero-order valence-electron chi connectivity index (χ0n) is 9.45. The van der Waals surface area contributed by atoms with Crippen molar-refractivity contribution in [3.8, 4) is 5.88 Å². The van der Waals surface area contributed by atoms with E-state index in [1.807, 2.05) is 0 Å². The summed E-state index contributed by atoms with van der Waals surface area (Å²) in [7, 11) is 1.49. The van der Waals surface area contributed by atoms with Gasteiger partial charge in [-0.1, -0.05) is 25.4 Å². The molecular formula is C11H14ClNO3. The molecule has 0 atom stereocenters. The summed E-state index contributed by atoms with van der Waals surface area (Å²) in [4.78, 5) is 14.8. The van der Waals surface area contributed by atoms with Crippen LogP contribution in [0.2, 0.25) is 5.02 Å². The first kappa shape index (κ1) is 12.8. The zero-order valence-corrected chi connectivity index (χ0v) is 10.2. The molecular weight excluding hydrogens is 230 g/mol. The maximum Gasteiger partial charge on any atom is 0.304 e. The number of rotatable bonds is 4. The number of hydrogen-bond donors (Lipinski definition) is 1. The maximum atomic E-state index is 10.8. The number of aliphatic carboxylic acids is 1. The number of aromatic nitrogens is 1. The lowest BCUT2D eigenvalue weighted by molar-refractivity contribution is -0.138. The number of halogens is 1. The first-order valence-corrected chi connectivity index (χ1v) is 5.17. The van der Waals surface area contributed by atoms with E-state index in [-0.39, 0.29) is 6.42 Å². The normalized spacial score (nSPS) is 11.2. The predicted molar refractivity (Wildman–Crippen MR) is 61.1 cm³/mol. The van der Waals surface area contributed by atoms with Crippen molar-refractivity contribution in [2.45, 2.75) is 25.7 Å². The van der Waals surface area contributed by atoms with Gasteiger partial charge in [0.2, 0.25) is 5.88 Å². The lowest BCUT2D eigenvalue weighted by Crippen LogP contribution is -2.23. The van der Waals surface area contributed by atoms with Crippen LogP contribution in [-0.4, -0.2) is 23.2 Å². The molecule has 0 spiro atoms. The van der Waals surface area contributed by atoms with E-state index in [1.54, 1.807) is 19.9 Å². The van der Waals surface area contributed by atoms with Crippen molar-refractivity contribution in [3.63, 3.8) is 0 Å². The van der Waals surface area contributed by atoms with Gasteiger partial charge in [0.1, 0.15) is 0 Å². The maximum absolute atomic E-state index is 10.8. The molecule has 0 radical (unpaired) electrons. The lowest BCUT2D eigenvalue weighted by Gasteiger charge is -2.25. The molecule has 16 heavy (non-hydrogen) atoms. The van der Waals surface area contributed by atoms with E-state index in [0.29, 0.717) is 16.5 Å². The Kier molecular flexibility index (Phi) is 3.75. The van der Waals surface area contributed by atoms with Gasteiger partial charge in [-0.3, -0.25) is 4.79 Å². The van der Waals surface area contributed by atoms with Gasteiger partial charge in [0, 0.05) is 17.2 Å². The SMILES string of the molecule is COc1nccc(Cl)c1C(C)(C)CC(=O)O. The van der Waals surface area contributed by atoms with E-state index in [2.05, 4.69) is 4.98 Å². The molecule has 0 unspecified atom stereocenters. The van der Waals surface area contributed by atoms with Crippen LogP contribution in [0.25, 0.3) is 0 Å². The molecule has 0 aliphatic heterocycles. The highest BCUT2D eigenvalue weighted by molar-refractivity contribution is 6.31. The largest absolute Gasteiger partial charge is 0.481 e. The number of nitrogens with zero attached hydrogens (tertiary/aromatic N) is 1. The van der Waals surface area contributed by atoms with Crippen LogP contribution in [0.3, 0.4) is 0 Å².